The Morgan fingerprint density at radius 2 is 0.974 bits per heavy atom. The van der Waals surface area contributed by atoms with E-state index in [1.165, 1.54) is 6.08 Å². The van der Waals surface area contributed by atoms with Crippen molar-refractivity contribution in [2.45, 2.75) is 26.7 Å². The second kappa shape index (κ2) is 13.5. The lowest BCUT2D eigenvalue weighted by molar-refractivity contribution is 0.101. The summed E-state index contributed by atoms with van der Waals surface area (Å²) in [6, 6.07) is 37.9. The Morgan fingerprint density at radius 3 is 1.41 bits per heavy atom. The average molecular weight is 531 g/mol. The van der Waals surface area contributed by atoms with Crippen LogP contribution in [0.4, 0.5) is 0 Å². The van der Waals surface area contributed by atoms with Crippen molar-refractivity contribution in [1.29, 1.82) is 0 Å². The standard InChI is InChI=1S/C36H31ClO2/c1-3-30(32(37)4-2)34(27-19-11-6-12-20-27)35(28-21-13-7-14-22-28)31(36(39)29-23-15-8-16-24-29)25-33(38)26-17-9-5-10-18-26/h5-25H,3-4H2,1-2H3/b31-25-,32-30-,35-34-. The third-order valence-electron chi connectivity index (χ3n) is 6.55. The van der Waals surface area contributed by atoms with Crippen molar-refractivity contribution in [3.8, 4) is 0 Å². The van der Waals surface area contributed by atoms with Crippen molar-refractivity contribution in [1.82, 2.24) is 0 Å². The maximum atomic E-state index is 14.3. The second-order valence-corrected chi connectivity index (χ2v) is 9.51. The highest BCUT2D eigenvalue weighted by Crippen LogP contribution is 2.41. The van der Waals surface area contributed by atoms with Gasteiger partial charge in [0.15, 0.2) is 11.6 Å². The molecule has 0 aliphatic carbocycles. The number of carbonyl (C=O) groups is 2. The smallest absolute Gasteiger partial charge is 0.193 e. The Morgan fingerprint density at radius 1 is 0.564 bits per heavy atom. The first kappa shape index (κ1) is 27.8. The number of benzene rings is 4. The quantitative estimate of drug-likeness (QED) is 0.0884. The molecule has 0 amide bonds. The number of halogens is 1. The van der Waals surface area contributed by atoms with E-state index in [1.807, 2.05) is 104 Å². The number of allylic oxidation sites excluding steroid dienone is 6. The van der Waals surface area contributed by atoms with Crippen LogP contribution in [0.3, 0.4) is 0 Å². The topological polar surface area (TPSA) is 34.1 Å². The monoisotopic (exact) mass is 530 g/mol. The lowest BCUT2D eigenvalue weighted by Crippen LogP contribution is -2.11. The van der Waals surface area contributed by atoms with Crippen LogP contribution < -0.4 is 0 Å². The molecule has 0 unspecified atom stereocenters. The maximum absolute atomic E-state index is 14.3. The fraction of sp³-hybridized carbons (Fsp3) is 0.111. The van der Waals surface area contributed by atoms with Gasteiger partial charge in [-0.05, 0) is 41.2 Å². The number of hydrogen-bond acceptors (Lipinski definition) is 2. The molecule has 39 heavy (non-hydrogen) atoms. The number of hydrogen-bond donors (Lipinski definition) is 0. The van der Waals surface area contributed by atoms with E-state index in [-0.39, 0.29) is 11.6 Å². The van der Waals surface area contributed by atoms with E-state index in [9.17, 15) is 9.59 Å². The molecule has 0 aromatic heterocycles. The highest BCUT2D eigenvalue weighted by atomic mass is 35.5. The summed E-state index contributed by atoms with van der Waals surface area (Å²) < 4.78 is 0. The number of carbonyl (C=O) groups excluding carboxylic acids is 2. The minimum absolute atomic E-state index is 0.227. The van der Waals surface area contributed by atoms with Crippen molar-refractivity contribution in [3.63, 3.8) is 0 Å². The summed E-state index contributed by atoms with van der Waals surface area (Å²) in [5.41, 5.74) is 5.60. The third kappa shape index (κ3) is 6.60. The molecule has 0 radical (unpaired) electrons. The van der Waals surface area contributed by atoms with Gasteiger partial charge in [0.25, 0.3) is 0 Å². The van der Waals surface area contributed by atoms with Crippen LogP contribution in [0.25, 0.3) is 11.1 Å². The Labute approximate surface area is 236 Å². The van der Waals surface area contributed by atoms with E-state index >= 15 is 0 Å². The predicted octanol–water partition coefficient (Wildman–Crippen LogP) is 9.60. The SMILES string of the molecule is CC/C(Cl)=C(CC)/C(=C(\C(=C\C(=O)c1ccccc1)C(=O)c1ccccc1)c1ccccc1)c1ccccc1. The van der Waals surface area contributed by atoms with Gasteiger partial charge in [-0.15, -0.1) is 0 Å². The van der Waals surface area contributed by atoms with Crippen LogP contribution in [0.5, 0.6) is 0 Å². The summed E-state index contributed by atoms with van der Waals surface area (Å²) in [5, 5.41) is 0.727. The first-order valence-electron chi connectivity index (χ1n) is 13.2. The molecule has 0 aliphatic heterocycles. The molecule has 4 aromatic rings. The van der Waals surface area contributed by atoms with Crippen molar-refractivity contribution in [2.75, 3.05) is 0 Å². The molecule has 0 saturated heterocycles. The summed E-state index contributed by atoms with van der Waals surface area (Å²) in [6.45, 7) is 4.09. The molecule has 2 nitrogen and oxygen atoms in total. The summed E-state index contributed by atoms with van der Waals surface area (Å²) in [4.78, 5) is 27.9. The highest BCUT2D eigenvalue weighted by molar-refractivity contribution is 6.32. The Bertz CT molecular complexity index is 1510. The van der Waals surface area contributed by atoms with Crippen molar-refractivity contribution < 1.29 is 9.59 Å². The summed E-state index contributed by atoms with van der Waals surface area (Å²) in [6.07, 6.45) is 2.80. The largest absolute Gasteiger partial charge is 0.289 e. The molecule has 0 N–H and O–H groups in total. The zero-order valence-corrected chi connectivity index (χ0v) is 23.0. The van der Waals surface area contributed by atoms with E-state index in [1.54, 1.807) is 24.3 Å². The Kier molecular flexibility index (Phi) is 9.61. The fourth-order valence-electron chi connectivity index (χ4n) is 4.64. The van der Waals surface area contributed by atoms with Crippen LogP contribution in [0, 0.1) is 0 Å². The maximum Gasteiger partial charge on any atom is 0.193 e. The van der Waals surface area contributed by atoms with Crippen LogP contribution >= 0.6 is 11.6 Å². The molecular formula is C36H31ClO2. The van der Waals surface area contributed by atoms with Gasteiger partial charge in [-0.3, -0.25) is 9.59 Å². The lowest BCUT2D eigenvalue weighted by atomic mass is 9.81. The molecule has 0 heterocycles. The molecule has 4 rings (SSSR count). The molecule has 0 fully saturated rings. The van der Waals surface area contributed by atoms with E-state index in [0.29, 0.717) is 35.1 Å². The van der Waals surface area contributed by atoms with Crippen LogP contribution in [-0.4, -0.2) is 11.6 Å². The van der Waals surface area contributed by atoms with E-state index in [4.69, 9.17) is 11.6 Å². The van der Waals surface area contributed by atoms with Gasteiger partial charge in [0.2, 0.25) is 0 Å². The van der Waals surface area contributed by atoms with Gasteiger partial charge in [-0.25, -0.2) is 0 Å². The fourth-order valence-corrected chi connectivity index (χ4v) is 4.87. The second-order valence-electron chi connectivity index (χ2n) is 9.06. The summed E-state index contributed by atoms with van der Waals surface area (Å²) >= 11 is 6.88. The molecule has 0 aliphatic rings. The molecular weight excluding hydrogens is 500 g/mol. The van der Waals surface area contributed by atoms with Gasteiger partial charge in [0.05, 0.1) is 0 Å². The molecule has 0 spiro atoms. The average Bonchev–Trinajstić information content (AvgIpc) is 3.01. The van der Waals surface area contributed by atoms with Crippen LogP contribution in [0.1, 0.15) is 58.5 Å². The molecule has 3 heteroatoms. The molecule has 0 atom stereocenters. The minimum Gasteiger partial charge on any atom is -0.289 e. The van der Waals surface area contributed by atoms with Gasteiger partial charge < -0.3 is 0 Å². The van der Waals surface area contributed by atoms with E-state index in [0.717, 1.165) is 27.3 Å². The number of rotatable bonds is 10. The van der Waals surface area contributed by atoms with Crippen molar-refractivity contribution >= 4 is 34.3 Å². The summed E-state index contributed by atoms with van der Waals surface area (Å²) in [7, 11) is 0. The van der Waals surface area contributed by atoms with E-state index < -0.39 is 0 Å². The molecule has 4 aromatic carbocycles. The van der Waals surface area contributed by atoms with Crippen molar-refractivity contribution in [2.24, 2.45) is 0 Å². The van der Waals surface area contributed by atoms with Crippen LogP contribution in [0.2, 0.25) is 0 Å². The van der Waals surface area contributed by atoms with Gasteiger partial charge >= 0.3 is 0 Å². The first-order chi connectivity index (χ1) is 19.0. The first-order valence-corrected chi connectivity index (χ1v) is 13.6. The lowest BCUT2D eigenvalue weighted by Gasteiger charge is -2.22. The molecule has 0 saturated carbocycles. The minimum atomic E-state index is -0.237. The number of Topliss-reactive ketones (excluding diaryl/α,β-unsaturated/α-hetero) is 1. The Hall–Kier alpha value is -4.27. The number of ketones is 2. The summed E-state index contributed by atoms with van der Waals surface area (Å²) in [5.74, 6) is -0.463. The van der Waals surface area contributed by atoms with E-state index in [2.05, 4.69) is 6.92 Å². The van der Waals surface area contributed by atoms with Gasteiger partial charge in [0.1, 0.15) is 0 Å². The normalized spacial score (nSPS) is 12.8. The third-order valence-corrected chi connectivity index (χ3v) is 7.05. The van der Waals surface area contributed by atoms with Crippen LogP contribution in [-0.2, 0) is 0 Å². The highest BCUT2D eigenvalue weighted by Gasteiger charge is 2.26. The van der Waals surface area contributed by atoms with Gasteiger partial charge in [-0.2, -0.15) is 0 Å². The zero-order valence-electron chi connectivity index (χ0n) is 22.2. The van der Waals surface area contributed by atoms with Gasteiger partial charge in [0, 0.05) is 27.3 Å². The molecule has 0 bridgehead atoms. The molecule has 194 valence electrons. The van der Waals surface area contributed by atoms with Crippen LogP contribution in [0.15, 0.2) is 144 Å². The predicted molar refractivity (Wildman–Crippen MR) is 163 cm³/mol. The zero-order chi connectivity index (χ0) is 27.6. The van der Waals surface area contributed by atoms with Gasteiger partial charge in [-0.1, -0.05) is 147 Å². The Balaban J connectivity index is 2.15. The van der Waals surface area contributed by atoms with Crippen molar-refractivity contribution in [3.05, 3.63) is 166 Å².